The number of anilines is 1. The third kappa shape index (κ3) is 3.66. The molecule has 25 heavy (non-hydrogen) atoms. The van der Waals surface area contributed by atoms with Gasteiger partial charge in [0.1, 0.15) is 17.4 Å². The first-order valence-corrected chi connectivity index (χ1v) is 8.23. The van der Waals surface area contributed by atoms with Gasteiger partial charge in [-0.15, -0.1) is 11.3 Å². The van der Waals surface area contributed by atoms with Crippen molar-refractivity contribution in [3.05, 3.63) is 64.5 Å². The summed E-state index contributed by atoms with van der Waals surface area (Å²) in [6.45, 7) is 1.95. The maximum atomic E-state index is 13.7. The van der Waals surface area contributed by atoms with Crippen molar-refractivity contribution in [2.75, 3.05) is 12.4 Å². The molecule has 4 nitrogen and oxygen atoms in total. The summed E-state index contributed by atoms with van der Waals surface area (Å²) in [4.78, 5) is 16.5. The lowest BCUT2D eigenvalue weighted by molar-refractivity contribution is 0.102. The van der Waals surface area contributed by atoms with Crippen molar-refractivity contribution in [1.29, 1.82) is 0 Å². The van der Waals surface area contributed by atoms with E-state index < -0.39 is 17.5 Å². The van der Waals surface area contributed by atoms with Crippen LogP contribution >= 0.6 is 11.3 Å². The molecule has 1 heterocycles. The summed E-state index contributed by atoms with van der Waals surface area (Å²) < 4.78 is 32.0. The smallest absolute Gasteiger partial charge is 0.260 e. The van der Waals surface area contributed by atoms with Gasteiger partial charge in [0.15, 0.2) is 5.13 Å². The Labute approximate surface area is 147 Å². The molecule has 0 aliphatic carbocycles. The van der Waals surface area contributed by atoms with E-state index in [4.69, 9.17) is 4.74 Å². The number of ether oxygens (including phenoxy) is 1. The number of benzene rings is 2. The summed E-state index contributed by atoms with van der Waals surface area (Å²) in [6, 6.07) is 8.49. The first-order valence-electron chi connectivity index (χ1n) is 7.35. The molecule has 0 radical (unpaired) electrons. The first-order chi connectivity index (χ1) is 12.0. The molecule has 7 heteroatoms. The molecule has 3 rings (SSSR count). The number of nitrogens with one attached hydrogen (secondary N) is 1. The quantitative estimate of drug-likeness (QED) is 0.736. The van der Waals surface area contributed by atoms with E-state index in [9.17, 15) is 13.6 Å². The minimum atomic E-state index is -0.922. The Kier molecular flexibility index (Phi) is 4.76. The number of rotatable bonds is 4. The van der Waals surface area contributed by atoms with E-state index in [-0.39, 0.29) is 5.56 Å². The monoisotopic (exact) mass is 360 g/mol. The Balaban J connectivity index is 1.85. The summed E-state index contributed by atoms with van der Waals surface area (Å²) >= 11 is 1.21. The number of halogens is 2. The summed E-state index contributed by atoms with van der Waals surface area (Å²) in [6.07, 6.45) is 0. The minimum Gasteiger partial charge on any atom is -0.496 e. The van der Waals surface area contributed by atoms with Gasteiger partial charge in [-0.3, -0.25) is 10.1 Å². The maximum Gasteiger partial charge on any atom is 0.260 e. The van der Waals surface area contributed by atoms with E-state index in [1.807, 2.05) is 25.1 Å². The van der Waals surface area contributed by atoms with Crippen molar-refractivity contribution < 1.29 is 18.3 Å². The fraction of sp³-hybridized carbons (Fsp3) is 0.111. The molecule has 0 aliphatic rings. The zero-order chi connectivity index (χ0) is 18.0. The van der Waals surface area contributed by atoms with Crippen LogP contribution in [0.1, 0.15) is 15.9 Å². The molecule has 0 spiro atoms. The van der Waals surface area contributed by atoms with Crippen molar-refractivity contribution in [3.8, 4) is 17.0 Å². The number of thiazole rings is 1. The topological polar surface area (TPSA) is 51.2 Å². The fourth-order valence-corrected chi connectivity index (χ4v) is 3.02. The van der Waals surface area contributed by atoms with Crippen LogP contribution in [0.15, 0.2) is 41.8 Å². The van der Waals surface area contributed by atoms with Crippen LogP contribution in [0.2, 0.25) is 0 Å². The van der Waals surface area contributed by atoms with Crippen LogP contribution in [0.4, 0.5) is 13.9 Å². The Morgan fingerprint density at radius 3 is 2.72 bits per heavy atom. The van der Waals surface area contributed by atoms with Gasteiger partial charge in [0.25, 0.3) is 5.91 Å². The predicted octanol–water partition coefficient (Wildman–Crippen LogP) is 4.66. The van der Waals surface area contributed by atoms with E-state index in [0.29, 0.717) is 22.6 Å². The molecule has 1 aromatic heterocycles. The van der Waals surface area contributed by atoms with Crippen molar-refractivity contribution in [3.63, 3.8) is 0 Å². The van der Waals surface area contributed by atoms with E-state index in [2.05, 4.69) is 10.3 Å². The molecule has 2 aromatic carbocycles. The minimum absolute atomic E-state index is 0.244. The van der Waals surface area contributed by atoms with Gasteiger partial charge >= 0.3 is 0 Å². The van der Waals surface area contributed by atoms with Crippen molar-refractivity contribution in [2.45, 2.75) is 6.92 Å². The second-order valence-corrected chi connectivity index (χ2v) is 6.18. The molecule has 128 valence electrons. The molecule has 1 amide bonds. The highest BCUT2D eigenvalue weighted by molar-refractivity contribution is 7.14. The zero-order valence-corrected chi connectivity index (χ0v) is 14.3. The van der Waals surface area contributed by atoms with Gasteiger partial charge in [-0.25, -0.2) is 13.8 Å². The number of methoxy groups -OCH3 is 1. The standard InChI is InChI=1S/C18H14F2N2O2S/c1-10-3-6-16(24-2)13(7-10)15-9-25-18(21-15)22-17(23)12-5-4-11(19)8-14(12)20/h3-9H,1-2H3,(H,21,22,23). The van der Waals surface area contributed by atoms with Crippen LogP contribution in [0.5, 0.6) is 5.75 Å². The Morgan fingerprint density at radius 2 is 2.00 bits per heavy atom. The number of amides is 1. The zero-order valence-electron chi connectivity index (χ0n) is 13.5. The highest BCUT2D eigenvalue weighted by atomic mass is 32.1. The predicted molar refractivity (Wildman–Crippen MR) is 93.2 cm³/mol. The van der Waals surface area contributed by atoms with Crippen molar-refractivity contribution >= 4 is 22.4 Å². The first kappa shape index (κ1) is 17.0. The summed E-state index contributed by atoms with van der Waals surface area (Å²) in [7, 11) is 1.57. The van der Waals surface area contributed by atoms with Crippen LogP contribution in [-0.4, -0.2) is 18.0 Å². The van der Waals surface area contributed by atoms with Crippen LogP contribution in [0.25, 0.3) is 11.3 Å². The molecule has 1 N–H and O–H groups in total. The molecule has 0 aliphatic heterocycles. The van der Waals surface area contributed by atoms with Gasteiger partial charge in [-0.2, -0.15) is 0 Å². The Bertz CT molecular complexity index is 941. The molecule has 3 aromatic rings. The molecular weight excluding hydrogens is 346 g/mol. The number of aromatic nitrogens is 1. The number of hydrogen-bond acceptors (Lipinski definition) is 4. The third-order valence-corrected chi connectivity index (χ3v) is 4.29. The van der Waals surface area contributed by atoms with Crippen molar-refractivity contribution in [1.82, 2.24) is 4.98 Å². The van der Waals surface area contributed by atoms with Crippen LogP contribution < -0.4 is 10.1 Å². The summed E-state index contributed by atoms with van der Waals surface area (Å²) in [5.41, 5.74) is 2.24. The van der Waals surface area contributed by atoms with Gasteiger partial charge in [-0.05, 0) is 31.2 Å². The number of hydrogen-bond donors (Lipinski definition) is 1. The summed E-state index contributed by atoms with van der Waals surface area (Å²) in [5.74, 6) is -1.68. The van der Waals surface area contributed by atoms with Crippen molar-refractivity contribution in [2.24, 2.45) is 0 Å². The van der Waals surface area contributed by atoms with E-state index in [1.54, 1.807) is 12.5 Å². The lowest BCUT2D eigenvalue weighted by atomic mass is 10.1. The maximum absolute atomic E-state index is 13.7. The van der Waals surface area contributed by atoms with E-state index >= 15 is 0 Å². The molecule has 0 saturated heterocycles. The van der Waals surface area contributed by atoms with Crippen LogP contribution in [-0.2, 0) is 0 Å². The molecule has 0 bridgehead atoms. The average molecular weight is 360 g/mol. The molecule has 0 saturated carbocycles. The van der Waals surface area contributed by atoms with Crippen LogP contribution in [0.3, 0.4) is 0 Å². The largest absolute Gasteiger partial charge is 0.496 e. The van der Waals surface area contributed by atoms with Crippen LogP contribution in [0, 0.1) is 18.6 Å². The third-order valence-electron chi connectivity index (χ3n) is 3.53. The number of nitrogens with zero attached hydrogens (tertiary/aromatic N) is 1. The molecular formula is C18H14F2N2O2S. The Hall–Kier alpha value is -2.80. The van der Waals surface area contributed by atoms with Gasteiger partial charge in [0.05, 0.1) is 18.4 Å². The SMILES string of the molecule is COc1ccc(C)cc1-c1csc(NC(=O)c2ccc(F)cc2F)n1. The fourth-order valence-electron chi connectivity index (χ4n) is 2.31. The molecule has 0 fully saturated rings. The second kappa shape index (κ2) is 6.98. The highest BCUT2D eigenvalue weighted by Crippen LogP contribution is 2.33. The second-order valence-electron chi connectivity index (χ2n) is 5.32. The highest BCUT2D eigenvalue weighted by Gasteiger charge is 2.16. The lowest BCUT2D eigenvalue weighted by Gasteiger charge is -2.07. The lowest BCUT2D eigenvalue weighted by Crippen LogP contribution is -2.13. The summed E-state index contributed by atoms with van der Waals surface area (Å²) in [5, 5.41) is 4.61. The molecule has 0 unspecified atom stereocenters. The molecule has 0 atom stereocenters. The normalized spacial score (nSPS) is 10.6. The average Bonchev–Trinajstić information content (AvgIpc) is 3.03. The number of carbonyl (C=O) groups excluding carboxylic acids is 1. The van der Waals surface area contributed by atoms with Gasteiger partial charge in [0.2, 0.25) is 0 Å². The van der Waals surface area contributed by atoms with Gasteiger partial charge < -0.3 is 4.74 Å². The Morgan fingerprint density at radius 1 is 1.20 bits per heavy atom. The van der Waals surface area contributed by atoms with Gasteiger partial charge in [-0.1, -0.05) is 11.6 Å². The van der Waals surface area contributed by atoms with E-state index in [1.165, 1.54) is 11.3 Å². The number of aryl methyl sites for hydroxylation is 1. The van der Waals surface area contributed by atoms with E-state index in [0.717, 1.165) is 23.3 Å². The number of carbonyl (C=O) groups is 1. The van der Waals surface area contributed by atoms with Gasteiger partial charge in [0, 0.05) is 17.0 Å².